The van der Waals surface area contributed by atoms with Crippen LogP contribution in [0.3, 0.4) is 0 Å². The molecule has 22 heavy (non-hydrogen) atoms. The Morgan fingerprint density at radius 1 is 1.05 bits per heavy atom. The van der Waals surface area contributed by atoms with Crippen molar-refractivity contribution in [3.63, 3.8) is 0 Å². The number of rotatable bonds is 4. The molecule has 0 bridgehead atoms. The summed E-state index contributed by atoms with van der Waals surface area (Å²) in [4.78, 5) is 11.5. The summed E-state index contributed by atoms with van der Waals surface area (Å²) in [5.74, 6) is -1.92. The topological polar surface area (TPSA) is 37.3 Å². The highest BCUT2D eigenvalue weighted by Crippen LogP contribution is 2.25. The Morgan fingerprint density at radius 2 is 1.59 bits per heavy atom. The van der Waals surface area contributed by atoms with E-state index in [4.69, 9.17) is 0 Å². The van der Waals surface area contributed by atoms with Gasteiger partial charge in [0.1, 0.15) is 5.82 Å². The van der Waals surface area contributed by atoms with E-state index < -0.39 is 11.9 Å². The van der Waals surface area contributed by atoms with Crippen LogP contribution in [-0.2, 0) is 16.6 Å². The molecular formula is C19H21FO2. The summed E-state index contributed by atoms with van der Waals surface area (Å²) in [6.45, 7) is 6.42. The summed E-state index contributed by atoms with van der Waals surface area (Å²) in [5.41, 5.74) is 2.87. The number of carboxylic acid groups (broad SMARTS) is 1. The summed E-state index contributed by atoms with van der Waals surface area (Å²) >= 11 is 0. The zero-order chi connectivity index (χ0) is 16.3. The lowest BCUT2D eigenvalue weighted by Crippen LogP contribution is -2.15. The zero-order valence-electron chi connectivity index (χ0n) is 13.1. The van der Waals surface area contributed by atoms with Crippen molar-refractivity contribution >= 4 is 5.97 Å². The number of carboxylic acids is 1. The van der Waals surface area contributed by atoms with Crippen LogP contribution in [0.2, 0.25) is 0 Å². The number of hydrogen-bond acceptors (Lipinski definition) is 1. The van der Waals surface area contributed by atoms with Gasteiger partial charge in [-0.15, -0.1) is 0 Å². The van der Waals surface area contributed by atoms with Crippen LogP contribution < -0.4 is 0 Å². The SMILES string of the molecule is CC(C)(C)c1ccc(CC(C(=O)O)c2ccc(F)cc2)cc1. The Labute approximate surface area is 130 Å². The Kier molecular flexibility index (Phi) is 4.65. The summed E-state index contributed by atoms with van der Waals surface area (Å²) in [5, 5.41) is 9.45. The third kappa shape index (κ3) is 3.94. The molecule has 2 aromatic carbocycles. The zero-order valence-corrected chi connectivity index (χ0v) is 13.1. The van der Waals surface area contributed by atoms with Crippen molar-refractivity contribution in [3.05, 3.63) is 71.0 Å². The summed E-state index contributed by atoms with van der Waals surface area (Å²) in [6, 6.07) is 13.7. The van der Waals surface area contributed by atoms with Crippen molar-refractivity contribution in [1.29, 1.82) is 0 Å². The van der Waals surface area contributed by atoms with Crippen LogP contribution in [0.5, 0.6) is 0 Å². The highest BCUT2D eigenvalue weighted by molar-refractivity contribution is 5.76. The van der Waals surface area contributed by atoms with E-state index in [1.165, 1.54) is 29.8 Å². The van der Waals surface area contributed by atoms with E-state index in [-0.39, 0.29) is 11.2 Å². The van der Waals surface area contributed by atoms with Crippen LogP contribution in [0.1, 0.15) is 43.4 Å². The molecule has 0 fully saturated rings. The second-order valence-corrected chi connectivity index (χ2v) is 6.59. The Hall–Kier alpha value is -2.16. The molecule has 1 unspecified atom stereocenters. The molecule has 1 atom stereocenters. The number of halogens is 1. The van der Waals surface area contributed by atoms with Crippen LogP contribution >= 0.6 is 0 Å². The molecule has 0 saturated heterocycles. The van der Waals surface area contributed by atoms with Crippen molar-refractivity contribution in [2.75, 3.05) is 0 Å². The van der Waals surface area contributed by atoms with Gasteiger partial charge >= 0.3 is 5.97 Å². The van der Waals surface area contributed by atoms with E-state index in [0.717, 1.165) is 5.56 Å². The standard InChI is InChI=1S/C19H21FO2/c1-19(2,3)15-8-4-13(5-9-15)12-17(18(21)22)14-6-10-16(20)11-7-14/h4-11,17H,12H2,1-3H3,(H,21,22). The monoisotopic (exact) mass is 300 g/mol. The summed E-state index contributed by atoms with van der Waals surface area (Å²) < 4.78 is 13.0. The number of benzene rings is 2. The molecular weight excluding hydrogens is 279 g/mol. The first kappa shape index (κ1) is 16.2. The maximum atomic E-state index is 13.0. The predicted octanol–water partition coefficient (Wildman–Crippen LogP) is 4.53. The van der Waals surface area contributed by atoms with Gasteiger partial charge in [-0.3, -0.25) is 4.79 Å². The molecule has 0 amide bonds. The van der Waals surface area contributed by atoms with E-state index in [1.807, 2.05) is 24.3 Å². The molecule has 3 heteroatoms. The minimum Gasteiger partial charge on any atom is -0.481 e. The third-order valence-electron chi connectivity index (χ3n) is 3.83. The smallest absolute Gasteiger partial charge is 0.311 e. The van der Waals surface area contributed by atoms with Crippen molar-refractivity contribution in [2.45, 2.75) is 38.5 Å². The van der Waals surface area contributed by atoms with Gasteiger partial charge in [-0.05, 0) is 40.7 Å². The molecule has 116 valence electrons. The van der Waals surface area contributed by atoms with E-state index in [9.17, 15) is 14.3 Å². The number of carbonyl (C=O) groups is 1. The van der Waals surface area contributed by atoms with Gasteiger partial charge in [0.05, 0.1) is 5.92 Å². The van der Waals surface area contributed by atoms with Crippen LogP contribution in [0.25, 0.3) is 0 Å². The van der Waals surface area contributed by atoms with Crippen LogP contribution in [0.15, 0.2) is 48.5 Å². The maximum absolute atomic E-state index is 13.0. The molecule has 0 aliphatic carbocycles. The molecule has 0 heterocycles. The van der Waals surface area contributed by atoms with Gasteiger partial charge in [-0.1, -0.05) is 57.2 Å². The maximum Gasteiger partial charge on any atom is 0.311 e. The van der Waals surface area contributed by atoms with E-state index in [2.05, 4.69) is 20.8 Å². The van der Waals surface area contributed by atoms with Gasteiger partial charge in [-0.2, -0.15) is 0 Å². The first-order chi connectivity index (χ1) is 10.3. The molecule has 0 saturated carbocycles. The van der Waals surface area contributed by atoms with Gasteiger partial charge in [0, 0.05) is 0 Å². The lowest BCUT2D eigenvalue weighted by Gasteiger charge is -2.20. The van der Waals surface area contributed by atoms with E-state index >= 15 is 0 Å². The molecule has 0 aliphatic heterocycles. The van der Waals surface area contributed by atoms with E-state index in [0.29, 0.717) is 12.0 Å². The van der Waals surface area contributed by atoms with Crippen molar-refractivity contribution in [1.82, 2.24) is 0 Å². The third-order valence-corrected chi connectivity index (χ3v) is 3.83. The van der Waals surface area contributed by atoms with Crippen LogP contribution in [0, 0.1) is 5.82 Å². The first-order valence-electron chi connectivity index (χ1n) is 7.35. The van der Waals surface area contributed by atoms with Crippen molar-refractivity contribution in [2.24, 2.45) is 0 Å². The van der Waals surface area contributed by atoms with E-state index in [1.54, 1.807) is 0 Å². The Bertz CT molecular complexity index is 637. The quantitative estimate of drug-likeness (QED) is 0.900. The fourth-order valence-corrected chi connectivity index (χ4v) is 2.42. The molecule has 0 spiro atoms. The van der Waals surface area contributed by atoms with Gasteiger partial charge in [0.25, 0.3) is 0 Å². The van der Waals surface area contributed by atoms with Gasteiger partial charge < -0.3 is 5.11 Å². The van der Waals surface area contributed by atoms with Crippen LogP contribution in [-0.4, -0.2) is 11.1 Å². The number of hydrogen-bond donors (Lipinski definition) is 1. The Morgan fingerprint density at radius 3 is 2.05 bits per heavy atom. The molecule has 2 rings (SSSR count). The highest BCUT2D eigenvalue weighted by atomic mass is 19.1. The first-order valence-corrected chi connectivity index (χ1v) is 7.35. The lowest BCUT2D eigenvalue weighted by molar-refractivity contribution is -0.138. The van der Waals surface area contributed by atoms with Crippen molar-refractivity contribution < 1.29 is 14.3 Å². The summed E-state index contributed by atoms with van der Waals surface area (Å²) in [7, 11) is 0. The second-order valence-electron chi connectivity index (χ2n) is 6.59. The van der Waals surface area contributed by atoms with Gasteiger partial charge in [-0.25, -0.2) is 4.39 Å². The van der Waals surface area contributed by atoms with Gasteiger partial charge in [0.15, 0.2) is 0 Å². The predicted molar refractivity (Wildman–Crippen MR) is 85.6 cm³/mol. The molecule has 0 aliphatic rings. The fourth-order valence-electron chi connectivity index (χ4n) is 2.42. The van der Waals surface area contributed by atoms with Crippen LogP contribution in [0.4, 0.5) is 4.39 Å². The molecule has 0 aromatic heterocycles. The molecule has 1 N–H and O–H groups in total. The average Bonchev–Trinajstić information content (AvgIpc) is 2.45. The Balaban J connectivity index is 2.21. The normalized spacial score (nSPS) is 12.9. The summed E-state index contributed by atoms with van der Waals surface area (Å²) in [6.07, 6.45) is 0.394. The minimum absolute atomic E-state index is 0.0711. The lowest BCUT2D eigenvalue weighted by atomic mass is 9.85. The molecule has 2 aromatic rings. The average molecular weight is 300 g/mol. The minimum atomic E-state index is -0.897. The number of aliphatic carboxylic acids is 1. The second kappa shape index (κ2) is 6.30. The van der Waals surface area contributed by atoms with Crippen molar-refractivity contribution in [3.8, 4) is 0 Å². The van der Waals surface area contributed by atoms with Gasteiger partial charge in [0.2, 0.25) is 0 Å². The fraction of sp³-hybridized carbons (Fsp3) is 0.316. The molecule has 0 radical (unpaired) electrons. The largest absolute Gasteiger partial charge is 0.481 e. The highest BCUT2D eigenvalue weighted by Gasteiger charge is 2.21. The molecule has 2 nitrogen and oxygen atoms in total.